The zero-order chi connectivity index (χ0) is 16.5. The highest BCUT2D eigenvalue weighted by Crippen LogP contribution is 2.39. The minimum absolute atomic E-state index is 0.110. The van der Waals surface area contributed by atoms with Gasteiger partial charge in [-0.15, -0.1) is 11.3 Å². The summed E-state index contributed by atoms with van der Waals surface area (Å²) in [5.74, 6) is -0.419. The maximum atomic E-state index is 13.5. The second-order valence-electron chi connectivity index (χ2n) is 6.38. The smallest absolute Gasteiger partial charge is 0.123 e. The van der Waals surface area contributed by atoms with Gasteiger partial charge in [-0.05, 0) is 71.9 Å². The van der Waals surface area contributed by atoms with E-state index < -0.39 is 0 Å². The van der Waals surface area contributed by atoms with Gasteiger partial charge in [0.15, 0.2) is 0 Å². The normalized spacial score (nSPS) is 17.2. The first-order chi connectivity index (χ1) is 11.7. The Kier molecular flexibility index (Phi) is 4.33. The van der Waals surface area contributed by atoms with E-state index >= 15 is 0 Å². The number of hydrogen-bond acceptors (Lipinski definition) is 2. The predicted molar refractivity (Wildman–Crippen MR) is 95.5 cm³/mol. The fourth-order valence-electron chi connectivity index (χ4n) is 3.61. The molecule has 1 aliphatic heterocycles. The molecule has 0 saturated carbocycles. The van der Waals surface area contributed by atoms with Crippen LogP contribution in [0, 0.1) is 11.6 Å². The van der Waals surface area contributed by atoms with Gasteiger partial charge < -0.3 is 0 Å². The molecule has 1 atom stereocenters. The maximum absolute atomic E-state index is 13.5. The molecule has 1 nitrogen and oxygen atoms in total. The molecule has 0 bridgehead atoms. The lowest BCUT2D eigenvalue weighted by atomic mass is 9.98. The third-order valence-electron chi connectivity index (χ3n) is 4.78. The standard InChI is InChI=1S/C20H19F2NS/c21-16-6-4-14(5-7-16)19(23-10-2-1-3-11-23)20-18-9-8-17(22)12-15(18)13-24-20/h4-9,12-13,19H,1-3,10-11H2. The summed E-state index contributed by atoms with van der Waals surface area (Å²) >= 11 is 1.67. The molecule has 2 aromatic carbocycles. The van der Waals surface area contributed by atoms with Crippen molar-refractivity contribution in [1.82, 2.24) is 4.90 Å². The molecular weight excluding hydrogens is 324 g/mol. The van der Waals surface area contributed by atoms with Gasteiger partial charge >= 0.3 is 0 Å². The fourth-order valence-corrected chi connectivity index (χ4v) is 4.78. The van der Waals surface area contributed by atoms with Gasteiger partial charge in [0, 0.05) is 4.88 Å². The largest absolute Gasteiger partial charge is 0.292 e. The molecule has 1 saturated heterocycles. The zero-order valence-corrected chi connectivity index (χ0v) is 14.2. The van der Waals surface area contributed by atoms with Crippen molar-refractivity contribution in [2.24, 2.45) is 0 Å². The molecule has 0 N–H and O–H groups in total. The number of halogens is 2. The Morgan fingerprint density at radius 2 is 1.58 bits per heavy atom. The van der Waals surface area contributed by atoms with Crippen LogP contribution in [0.5, 0.6) is 0 Å². The van der Waals surface area contributed by atoms with Crippen molar-refractivity contribution >= 4 is 22.1 Å². The van der Waals surface area contributed by atoms with Gasteiger partial charge in [0.05, 0.1) is 6.04 Å². The van der Waals surface area contributed by atoms with Crippen LogP contribution < -0.4 is 0 Å². The van der Waals surface area contributed by atoms with E-state index in [4.69, 9.17) is 0 Å². The van der Waals surface area contributed by atoms with Crippen molar-refractivity contribution in [3.8, 4) is 0 Å². The molecule has 4 rings (SSSR count). The molecule has 1 unspecified atom stereocenters. The van der Waals surface area contributed by atoms with E-state index in [1.54, 1.807) is 17.4 Å². The predicted octanol–water partition coefficient (Wildman–Crippen LogP) is 5.75. The van der Waals surface area contributed by atoms with Gasteiger partial charge in [-0.25, -0.2) is 8.78 Å². The van der Waals surface area contributed by atoms with Gasteiger partial charge in [-0.1, -0.05) is 24.6 Å². The number of piperidine rings is 1. The van der Waals surface area contributed by atoms with E-state index in [0.29, 0.717) is 0 Å². The molecule has 124 valence electrons. The summed E-state index contributed by atoms with van der Waals surface area (Å²) in [7, 11) is 0. The minimum Gasteiger partial charge on any atom is -0.292 e. The first-order valence-electron chi connectivity index (χ1n) is 8.38. The highest BCUT2D eigenvalue weighted by Gasteiger charge is 2.26. The molecule has 2 heterocycles. The Hall–Kier alpha value is -1.78. The summed E-state index contributed by atoms with van der Waals surface area (Å²) in [4.78, 5) is 3.70. The number of nitrogens with zero attached hydrogens (tertiary/aromatic N) is 1. The van der Waals surface area contributed by atoms with Gasteiger partial charge in [0.1, 0.15) is 11.6 Å². The van der Waals surface area contributed by atoms with Crippen molar-refractivity contribution < 1.29 is 8.78 Å². The average molecular weight is 343 g/mol. The number of likely N-dealkylation sites (tertiary alicyclic amines) is 1. The minimum atomic E-state index is -0.214. The molecule has 0 radical (unpaired) electrons. The summed E-state index contributed by atoms with van der Waals surface area (Å²) in [6.07, 6.45) is 3.65. The van der Waals surface area contributed by atoms with Crippen LogP contribution in [0.1, 0.15) is 35.7 Å². The van der Waals surface area contributed by atoms with Crippen LogP contribution in [-0.2, 0) is 0 Å². The van der Waals surface area contributed by atoms with Gasteiger partial charge in [-0.2, -0.15) is 0 Å². The molecule has 3 aromatic rings. The first kappa shape index (κ1) is 15.7. The fraction of sp³-hybridized carbons (Fsp3) is 0.300. The summed E-state index contributed by atoms with van der Waals surface area (Å²) in [5, 5.41) is 4.06. The molecule has 24 heavy (non-hydrogen) atoms. The second kappa shape index (κ2) is 6.61. The monoisotopic (exact) mass is 343 g/mol. The van der Waals surface area contributed by atoms with Crippen molar-refractivity contribution in [2.45, 2.75) is 25.3 Å². The molecule has 4 heteroatoms. The number of thiophene rings is 1. The molecule has 1 aliphatic rings. The Morgan fingerprint density at radius 3 is 2.33 bits per heavy atom. The van der Waals surface area contributed by atoms with Gasteiger partial charge in [0.2, 0.25) is 0 Å². The lowest BCUT2D eigenvalue weighted by molar-refractivity contribution is 0.190. The lowest BCUT2D eigenvalue weighted by Gasteiger charge is -2.34. The van der Waals surface area contributed by atoms with Crippen molar-refractivity contribution in [3.63, 3.8) is 0 Å². The van der Waals surface area contributed by atoms with Crippen LogP contribution in [0.15, 0.2) is 47.8 Å². The highest BCUT2D eigenvalue weighted by molar-refractivity contribution is 7.11. The molecular formula is C20H19F2NS. The Balaban J connectivity index is 1.82. The number of benzene rings is 2. The van der Waals surface area contributed by atoms with Crippen LogP contribution >= 0.6 is 11.3 Å². The van der Waals surface area contributed by atoms with Gasteiger partial charge in [-0.3, -0.25) is 4.90 Å². The van der Waals surface area contributed by atoms with Crippen molar-refractivity contribution in [2.75, 3.05) is 13.1 Å². The Labute approximate surface area is 144 Å². The summed E-state index contributed by atoms with van der Waals surface area (Å²) < 4.78 is 26.9. The van der Waals surface area contributed by atoms with Crippen LogP contribution in [0.2, 0.25) is 0 Å². The van der Waals surface area contributed by atoms with Gasteiger partial charge in [0.25, 0.3) is 0 Å². The average Bonchev–Trinajstić information content (AvgIpc) is 3.01. The van der Waals surface area contributed by atoms with E-state index in [1.807, 2.05) is 23.6 Å². The van der Waals surface area contributed by atoms with E-state index in [-0.39, 0.29) is 17.7 Å². The van der Waals surface area contributed by atoms with E-state index in [0.717, 1.165) is 29.4 Å². The van der Waals surface area contributed by atoms with E-state index in [1.165, 1.54) is 42.3 Å². The molecule has 0 aliphatic carbocycles. The number of fused-ring (bicyclic) bond motifs is 1. The number of hydrogen-bond donors (Lipinski definition) is 0. The third-order valence-corrected chi connectivity index (χ3v) is 5.85. The summed E-state index contributed by atoms with van der Waals surface area (Å²) in [6.45, 7) is 2.09. The summed E-state index contributed by atoms with van der Waals surface area (Å²) in [5.41, 5.74) is 1.10. The second-order valence-corrected chi connectivity index (χ2v) is 7.29. The van der Waals surface area contributed by atoms with Crippen LogP contribution in [0.25, 0.3) is 10.8 Å². The molecule has 1 fully saturated rings. The molecule has 0 amide bonds. The molecule has 0 spiro atoms. The highest BCUT2D eigenvalue weighted by atomic mass is 32.1. The Morgan fingerprint density at radius 1 is 0.875 bits per heavy atom. The van der Waals surface area contributed by atoms with Crippen LogP contribution in [0.3, 0.4) is 0 Å². The Bertz CT molecular complexity index is 834. The van der Waals surface area contributed by atoms with Crippen molar-refractivity contribution in [3.05, 3.63) is 69.9 Å². The van der Waals surface area contributed by atoms with Crippen molar-refractivity contribution in [1.29, 1.82) is 0 Å². The van der Waals surface area contributed by atoms with Crippen LogP contribution in [-0.4, -0.2) is 18.0 Å². The van der Waals surface area contributed by atoms with Crippen LogP contribution in [0.4, 0.5) is 8.78 Å². The topological polar surface area (TPSA) is 3.24 Å². The first-order valence-corrected chi connectivity index (χ1v) is 9.26. The molecule has 1 aromatic heterocycles. The zero-order valence-electron chi connectivity index (χ0n) is 13.3. The number of rotatable bonds is 3. The quantitative estimate of drug-likeness (QED) is 0.585. The SMILES string of the molecule is Fc1ccc(C(c2scc3cc(F)ccc23)N2CCCCC2)cc1. The maximum Gasteiger partial charge on any atom is 0.123 e. The van der Waals surface area contributed by atoms with E-state index in [2.05, 4.69) is 4.90 Å². The third kappa shape index (κ3) is 2.96. The summed E-state index contributed by atoms with van der Waals surface area (Å²) in [6, 6.07) is 11.9. The van der Waals surface area contributed by atoms with E-state index in [9.17, 15) is 8.78 Å². The lowest BCUT2D eigenvalue weighted by Crippen LogP contribution is -2.34.